The summed E-state index contributed by atoms with van der Waals surface area (Å²) in [6.07, 6.45) is 1.98. The molecule has 0 atom stereocenters. The van der Waals surface area contributed by atoms with E-state index in [2.05, 4.69) is 17.6 Å². The van der Waals surface area contributed by atoms with Gasteiger partial charge in [0.1, 0.15) is 0 Å². The molecule has 2 aromatic carbocycles. The lowest BCUT2D eigenvalue weighted by Crippen LogP contribution is -2.24. The largest absolute Gasteiger partial charge is 0.352 e. The molecule has 0 aliphatic rings. The summed E-state index contributed by atoms with van der Waals surface area (Å²) >= 11 is 5.96. The molecule has 0 spiro atoms. The van der Waals surface area contributed by atoms with Crippen LogP contribution in [0.3, 0.4) is 0 Å². The van der Waals surface area contributed by atoms with E-state index in [1.54, 1.807) is 36.4 Å². The van der Waals surface area contributed by atoms with Crippen molar-refractivity contribution in [3.05, 3.63) is 64.2 Å². The van der Waals surface area contributed by atoms with Crippen molar-refractivity contribution in [1.29, 1.82) is 0 Å². The molecule has 24 heavy (non-hydrogen) atoms. The number of carbonyl (C=O) groups is 2. The number of carbonyl (C=O) groups excluding carboxylic acids is 2. The van der Waals surface area contributed by atoms with E-state index >= 15 is 0 Å². The third-order valence-electron chi connectivity index (χ3n) is 3.67. The molecule has 0 unspecified atom stereocenters. The number of anilines is 1. The number of hydrogen-bond acceptors (Lipinski definition) is 2. The van der Waals surface area contributed by atoms with Gasteiger partial charge < -0.3 is 10.6 Å². The highest BCUT2D eigenvalue weighted by atomic mass is 35.5. The normalized spacial score (nSPS) is 10.3. The molecule has 0 saturated heterocycles. The Kier molecular flexibility index (Phi) is 6.38. The number of halogens is 1. The molecule has 0 fully saturated rings. The zero-order chi connectivity index (χ0) is 17.5. The zero-order valence-corrected chi connectivity index (χ0v) is 14.6. The van der Waals surface area contributed by atoms with Crippen molar-refractivity contribution in [2.24, 2.45) is 0 Å². The van der Waals surface area contributed by atoms with E-state index in [0.717, 1.165) is 18.4 Å². The maximum absolute atomic E-state index is 12.3. The third kappa shape index (κ3) is 4.83. The number of aryl methyl sites for hydroxylation is 1. The highest BCUT2D eigenvalue weighted by Crippen LogP contribution is 2.21. The van der Waals surface area contributed by atoms with Gasteiger partial charge in [-0.05, 0) is 55.3 Å². The van der Waals surface area contributed by atoms with E-state index in [4.69, 9.17) is 11.6 Å². The molecular formula is C19H21ClN2O2. The highest BCUT2D eigenvalue weighted by molar-refractivity contribution is 6.31. The van der Waals surface area contributed by atoms with Crippen LogP contribution in [-0.4, -0.2) is 18.4 Å². The van der Waals surface area contributed by atoms with Gasteiger partial charge in [-0.3, -0.25) is 9.59 Å². The van der Waals surface area contributed by atoms with Gasteiger partial charge in [0.05, 0.1) is 0 Å². The Morgan fingerprint density at radius 2 is 1.62 bits per heavy atom. The van der Waals surface area contributed by atoms with Gasteiger partial charge in [-0.15, -0.1) is 0 Å². The van der Waals surface area contributed by atoms with Crippen LogP contribution in [0.2, 0.25) is 5.02 Å². The summed E-state index contributed by atoms with van der Waals surface area (Å²) in [5.41, 5.74) is 2.63. The van der Waals surface area contributed by atoms with Gasteiger partial charge in [0.15, 0.2) is 0 Å². The number of nitrogens with one attached hydrogen (secondary N) is 2. The fourth-order valence-corrected chi connectivity index (χ4v) is 2.35. The molecule has 0 saturated carbocycles. The van der Waals surface area contributed by atoms with E-state index in [1.165, 1.54) is 0 Å². The van der Waals surface area contributed by atoms with Crippen LogP contribution in [0.1, 0.15) is 46.0 Å². The first-order chi connectivity index (χ1) is 11.5. The number of unbranched alkanes of at least 4 members (excludes halogenated alkanes) is 1. The molecule has 0 aromatic heterocycles. The van der Waals surface area contributed by atoms with Crippen molar-refractivity contribution < 1.29 is 9.59 Å². The van der Waals surface area contributed by atoms with E-state index < -0.39 is 0 Å². The van der Waals surface area contributed by atoms with Crippen molar-refractivity contribution in [2.75, 3.05) is 11.9 Å². The van der Waals surface area contributed by atoms with Gasteiger partial charge in [-0.1, -0.05) is 31.0 Å². The molecule has 0 radical (unpaired) electrons. The first-order valence-corrected chi connectivity index (χ1v) is 8.35. The van der Waals surface area contributed by atoms with Crippen molar-refractivity contribution in [2.45, 2.75) is 26.7 Å². The van der Waals surface area contributed by atoms with Gasteiger partial charge in [-0.2, -0.15) is 0 Å². The van der Waals surface area contributed by atoms with Crippen LogP contribution in [0, 0.1) is 6.92 Å². The average Bonchev–Trinajstić information content (AvgIpc) is 2.58. The number of amides is 2. The SMILES string of the molecule is CCCCNC(=O)c1ccc(C(=O)Nc2cc(Cl)ccc2C)cc1. The highest BCUT2D eigenvalue weighted by Gasteiger charge is 2.10. The van der Waals surface area contributed by atoms with Crippen LogP contribution >= 0.6 is 11.6 Å². The fourth-order valence-electron chi connectivity index (χ4n) is 2.18. The summed E-state index contributed by atoms with van der Waals surface area (Å²) < 4.78 is 0. The lowest BCUT2D eigenvalue weighted by atomic mass is 10.1. The topological polar surface area (TPSA) is 58.2 Å². The average molecular weight is 345 g/mol. The molecule has 0 bridgehead atoms. The summed E-state index contributed by atoms with van der Waals surface area (Å²) in [4.78, 5) is 24.3. The predicted octanol–water partition coefficient (Wildman–Crippen LogP) is 4.43. The van der Waals surface area contributed by atoms with Crippen LogP contribution in [-0.2, 0) is 0 Å². The molecule has 2 rings (SSSR count). The van der Waals surface area contributed by atoms with Crippen LogP contribution in [0.5, 0.6) is 0 Å². The first-order valence-electron chi connectivity index (χ1n) is 7.97. The number of benzene rings is 2. The van der Waals surface area contributed by atoms with Crippen LogP contribution in [0.25, 0.3) is 0 Å². The lowest BCUT2D eigenvalue weighted by molar-refractivity contribution is 0.0951. The van der Waals surface area contributed by atoms with E-state index in [9.17, 15) is 9.59 Å². The molecule has 5 heteroatoms. The summed E-state index contributed by atoms with van der Waals surface area (Å²) in [6, 6.07) is 11.9. The standard InChI is InChI=1S/C19H21ClN2O2/c1-3-4-11-21-18(23)14-6-8-15(9-7-14)19(24)22-17-12-16(20)10-5-13(17)2/h5-10,12H,3-4,11H2,1-2H3,(H,21,23)(H,22,24). The van der Waals surface area contributed by atoms with Crippen molar-refractivity contribution in [3.8, 4) is 0 Å². The quantitative estimate of drug-likeness (QED) is 0.761. The Balaban J connectivity index is 2.03. The minimum Gasteiger partial charge on any atom is -0.352 e. The second kappa shape index (κ2) is 8.50. The monoisotopic (exact) mass is 344 g/mol. The molecule has 4 nitrogen and oxygen atoms in total. The molecule has 2 N–H and O–H groups in total. The molecule has 2 amide bonds. The second-order valence-corrected chi connectivity index (χ2v) is 6.04. The van der Waals surface area contributed by atoms with Crippen molar-refractivity contribution >= 4 is 29.1 Å². The van der Waals surface area contributed by atoms with Gasteiger partial charge >= 0.3 is 0 Å². The molecule has 126 valence electrons. The van der Waals surface area contributed by atoms with E-state index in [1.807, 2.05) is 13.0 Å². The smallest absolute Gasteiger partial charge is 0.255 e. The lowest BCUT2D eigenvalue weighted by Gasteiger charge is -2.09. The maximum Gasteiger partial charge on any atom is 0.255 e. The van der Waals surface area contributed by atoms with Gasteiger partial charge in [0, 0.05) is 28.4 Å². The number of hydrogen-bond donors (Lipinski definition) is 2. The summed E-state index contributed by atoms with van der Waals surface area (Å²) in [5, 5.41) is 6.25. The molecular weight excluding hydrogens is 324 g/mol. The number of rotatable bonds is 6. The van der Waals surface area contributed by atoms with Crippen LogP contribution in [0.4, 0.5) is 5.69 Å². The second-order valence-electron chi connectivity index (χ2n) is 5.60. The third-order valence-corrected chi connectivity index (χ3v) is 3.91. The summed E-state index contributed by atoms with van der Waals surface area (Å²) in [5.74, 6) is -0.362. The van der Waals surface area contributed by atoms with Crippen molar-refractivity contribution in [3.63, 3.8) is 0 Å². The molecule has 0 aliphatic heterocycles. The Morgan fingerprint density at radius 1 is 1.00 bits per heavy atom. The van der Waals surface area contributed by atoms with Gasteiger partial charge in [-0.25, -0.2) is 0 Å². The Hall–Kier alpha value is -2.33. The van der Waals surface area contributed by atoms with E-state index in [-0.39, 0.29) is 11.8 Å². The molecule has 0 aliphatic carbocycles. The Labute approximate surface area is 147 Å². The Morgan fingerprint density at radius 3 is 2.25 bits per heavy atom. The zero-order valence-electron chi connectivity index (χ0n) is 13.9. The summed E-state index contributed by atoms with van der Waals surface area (Å²) in [7, 11) is 0. The fraction of sp³-hybridized carbons (Fsp3) is 0.263. The predicted molar refractivity (Wildman–Crippen MR) is 97.8 cm³/mol. The van der Waals surface area contributed by atoms with Crippen LogP contribution in [0.15, 0.2) is 42.5 Å². The van der Waals surface area contributed by atoms with E-state index in [0.29, 0.717) is 28.4 Å². The Bertz CT molecular complexity index is 727. The molecule has 0 heterocycles. The van der Waals surface area contributed by atoms with Gasteiger partial charge in [0.25, 0.3) is 11.8 Å². The van der Waals surface area contributed by atoms with Crippen molar-refractivity contribution in [1.82, 2.24) is 5.32 Å². The van der Waals surface area contributed by atoms with Gasteiger partial charge in [0.2, 0.25) is 0 Å². The summed E-state index contributed by atoms with van der Waals surface area (Å²) in [6.45, 7) is 4.63. The molecule has 2 aromatic rings. The van der Waals surface area contributed by atoms with Crippen LogP contribution < -0.4 is 10.6 Å². The first kappa shape index (κ1) is 18.0. The minimum atomic E-state index is -0.238. The minimum absolute atomic E-state index is 0.124. The maximum atomic E-state index is 12.3.